The Balaban J connectivity index is 1.46. The summed E-state index contributed by atoms with van der Waals surface area (Å²) in [5.74, 6) is 2.74. The van der Waals surface area contributed by atoms with Gasteiger partial charge in [0, 0.05) is 12.6 Å². The van der Waals surface area contributed by atoms with E-state index in [4.69, 9.17) is 4.74 Å². The zero-order valence-corrected chi connectivity index (χ0v) is 17.8. The number of fused-ring (bicyclic) bond motifs is 1. The van der Waals surface area contributed by atoms with Crippen molar-refractivity contribution in [3.8, 4) is 11.4 Å². The van der Waals surface area contributed by atoms with Crippen molar-refractivity contribution in [2.24, 2.45) is 0 Å². The van der Waals surface area contributed by atoms with Crippen molar-refractivity contribution in [1.29, 1.82) is 0 Å². The molecule has 0 saturated heterocycles. The van der Waals surface area contributed by atoms with E-state index >= 15 is 0 Å². The maximum Gasteiger partial charge on any atom is 0.157 e. The van der Waals surface area contributed by atoms with E-state index in [1.807, 2.05) is 35.9 Å². The first-order valence-electron chi connectivity index (χ1n) is 10.6. The molecule has 156 valence electrons. The van der Waals surface area contributed by atoms with Gasteiger partial charge in [0.1, 0.15) is 11.6 Å². The quantitative estimate of drug-likeness (QED) is 0.470. The van der Waals surface area contributed by atoms with Gasteiger partial charge in [0.25, 0.3) is 0 Å². The minimum Gasteiger partial charge on any atom is -0.495 e. The molecule has 6 nitrogen and oxygen atoms in total. The van der Waals surface area contributed by atoms with Gasteiger partial charge in [0.05, 0.1) is 30.9 Å². The zero-order chi connectivity index (χ0) is 21.2. The van der Waals surface area contributed by atoms with Crippen LogP contribution in [0.25, 0.3) is 17.8 Å². The van der Waals surface area contributed by atoms with E-state index in [1.165, 1.54) is 5.56 Å². The third-order valence-corrected chi connectivity index (χ3v) is 5.79. The van der Waals surface area contributed by atoms with E-state index in [9.17, 15) is 0 Å². The molecule has 1 aliphatic rings. The number of aromatic nitrogens is 5. The Morgan fingerprint density at radius 2 is 1.94 bits per heavy atom. The second kappa shape index (κ2) is 8.22. The van der Waals surface area contributed by atoms with Gasteiger partial charge in [-0.05, 0) is 49.1 Å². The van der Waals surface area contributed by atoms with E-state index in [-0.39, 0.29) is 6.04 Å². The highest BCUT2D eigenvalue weighted by Crippen LogP contribution is 2.32. The minimum atomic E-state index is 0.279. The van der Waals surface area contributed by atoms with Crippen LogP contribution in [0.1, 0.15) is 47.4 Å². The molecule has 0 amide bonds. The fraction of sp³-hybridized carbons (Fsp3) is 0.240. The third-order valence-electron chi connectivity index (χ3n) is 5.79. The molecule has 6 heteroatoms. The Bertz CT molecular complexity index is 1220. The summed E-state index contributed by atoms with van der Waals surface area (Å²) in [5.41, 5.74) is 4.28. The van der Waals surface area contributed by atoms with E-state index in [0.717, 1.165) is 53.6 Å². The van der Waals surface area contributed by atoms with Gasteiger partial charge in [-0.25, -0.2) is 4.98 Å². The molecule has 0 spiro atoms. The molecule has 1 aliphatic heterocycles. The van der Waals surface area contributed by atoms with Crippen LogP contribution in [-0.2, 0) is 6.42 Å². The van der Waals surface area contributed by atoms with Crippen LogP contribution in [0.4, 0.5) is 0 Å². The molecule has 2 aromatic carbocycles. The topological polar surface area (TPSA) is 57.8 Å². The average molecular weight is 412 g/mol. The van der Waals surface area contributed by atoms with Crippen molar-refractivity contribution in [2.45, 2.75) is 32.2 Å². The summed E-state index contributed by atoms with van der Waals surface area (Å²) in [4.78, 5) is 4.31. The largest absolute Gasteiger partial charge is 0.495 e. The number of rotatable bonds is 5. The van der Waals surface area contributed by atoms with Gasteiger partial charge in [0.15, 0.2) is 5.82 Å². The Kier molecular flexibility index (Phi) is 5.12. The predicted octanol–water partition coefficient (Wildman–Crippen LogP) is 4.88. The third kappa shape index (κ3) is 3.77. The van der Waals surface area contributed by atoms with E-state index in [1.54, 1.807) is 13.4 Å². The van der Waals surface area contributed by atoms with E-state index in [2.05, 4.69) is 62.2 Å². The molecule has 5 rings (SSSR count). The van der Waals surface area contributed by atoms with Gasteiger partial charge >= 0.3 is 0 Å². The van der Waals surface area contributed by atoms with E-state index in [0.29, 0.717) is 0 Å². The Morgan fingerprint density at radius 1 is 1.06 bits per heavy atom. The lowest BCUT2D eigenvalue weighted by Crippen LogP contribution is -2.20. The van der Waals surface area contributed by atoms with Crippen LogP contribution < -0.4 is 4.74 Å². The molecule has 0 aliphatic carbocycles. The second-order valence-corrected chi connectivity index (χ2v) is 7.85. The number of methoxy groups -OCH3 is 1. The molecule has 31 heavy (non-hydrogen) atoms. The van der Waals surface area contributed by atoms with Crippen molar-refractivity contribution < 1.29 is 4.74 Å². The highest BCUT2D eigenvalue weighted by atomic mass is 16.5. The monoisotopic (exact) mass is 411 g/mol. The van der Waals surface area contributed by atoms with Gasteiger partial charge in [-0.1, -0.05) is 42.5 Å². The summed E-state index contributed by atoms with van der Waals surface area (Å²) in [6.07, 6.45) is 11.1. The maximum absolute atomic E-state index is 5.64. The van der Waals surface area contributed by atoms with Crippen molar-refractivity contribution in [3.05, 3.63) is 89.5 Å². The summed E-state index contributed by atoms with van der Waals surface area (Å²) in [5, 5.41) is 8.94. The summed E-state index contributed by atoms with van der Waals surface area (Å²) >= 11 is 0. The molecule has 3 heterocycles. The van der Waals surface area contributed by atoms with Crippen molar-refractivity contribution >= 4 is 12.2 Å². The molecule has 4 aromatic rings. The number of benzene rings is 2. The van der Waals surface area contributed by atoms with Crippen LogP contribution in [0.3, 0.4) is 0 Å². The van der Waals surface area contributed by atoms with Crippen molar-refractivity contribution in [2.75, 3.05) is 7.11 Å². The number of aryl methyl sites for hydroxylation is 2. The van der Waals surface area contributed by atoms with Crippen molar-refractivity contribution in [3.63, 3.8) is 0 Å². The normalized spacial score (nSPS) is 15.9. The number of imidazole rings is 1. The SMILES string of the molecule is COc1cc(C=Cc2nnc3n2[C@H](c2ccccc2)CCC3)ccc1-n1cnc(C)c1. The van der Waals surface area contributed by atoms with Gasteiger partial charge in [0.2, 0.25) is 0 Å². The molecule has 0 saturated carbocycles. The lowest BCUT2D eigenvalue weighted by atomic mass is 9.97. The second-order valence-electron chi connectivity index (χ2n) is 7.85. The molecule has 1 atom stereocenters. The number of hydrogen-bond donors (Lipinski definition) is 0. The number of nitrogens with zero attached hydrogens (tertiary/aromatic N) is 5. The molecule has 2 aromatic heterocycles. The maximum atomic E-state index is 5.64. The summed E-state index contributed by atoms with van der Waals surface area (Å²) in [7, 11) is 1.69. The molecule has 0 fully saturated rings. The standard InChI is InChI=1S/C25H25N5O/c1-18-16-29(17-26-18)22-13-11-19(15-23(22)31-2)12-14-25-28-27-24-10-6-9-21(30(24)25)20-7-4-3-5-8-20/h3-5,7-8,11-17,21H,6,9-10H2,1-2H3/t21-/m0/s1. The number of ether oxygens (including phenoxy) is 1. The average Bonchev–Trinajstić information content (AvgIpc) is 3.44. The first-order chi connectivity index (χ1) is 15.2. The fourth-order valence-electron chi connectivity index (χ4n) is 4.27. The molecular weight excluding hydrogens is 386 g/mol. The Labute approximate surface area is 181 Å². The van der Waals surface area contributed by atoms with Crippen LogP contribution >= 0.6 is 0 Å². The lowest BCUT2D eigenvalue weighted by molar-refractivity contribution is 0.413. The van der Waals surface area contributed by atoms with Gasteiger partial charge in [-0.3, -0.25) is 0 Å². The van der Waals surface area contributed by atoms with Gasteiger partial charge < -0.3 is 13.9 Å². The summed E-state index contributed by atoms with van der Waals surface area (Å²) in [6.45, 7) is 1.97. The lowest BCUT2D eigenvalue weighted by Gasteiger charge is -2.26. The molecule has 0 unspecified atom stereocenters. The van der Waals surface area contributed by atoms with Crippen LogP contribution in [-0.4, -0.2) is 31.4 Å². The van der Waals surface area contributed by atoms with Gasteiger partial charge in [-0.15, -0.1) is 10.2 Å². The van der Waals surface area contributed by atoms with Gasteiger partial charge in [-0.2, -0.15) is 0 Å². The summed E-state index contributed by atoms with van der Waals surface area (Å²) < 4.78 is 9.90. The fourth-order valence-corrected chi connectivity index (χ4v) is 4.27. The first-order valence-corrected chi connectivity index (χ1v) is 10.6. The van der Waals surface area contributed by atoms with Crippen LogP contribution in [0.15, 0.2) is 61.1 Å². The molecule has 0 bridgehead atoms. The Hall–Kier alpha value is -3.67. The highest BCUT2D eigenvalue weighted by molar-refractivity contribution is 5.69. The highest BCUT2D eigenvalue weighted by Gasteiger charge is 2.24. The van der Waals surface area contributed by atoms with Crippen molar-refractivity contribution in [1.82, 2.24) is 24.3 Å². The zero-order valence-electron chi connectivity index (χ0n) is 17.8. The van der Waals surface area contributed by atoms with Crippen LogP contribution in [0, 0.1) is 6.92 Å². The van der Waals surface area contributed by atoms with Crippen LogP contribution in [0.5, 0.6) is 5.75 Å². The predicted molar refractivity (Wildman–Crippen MR) is 121 cm³/mol. The summed E-state index contributed by atoms with van der Waals surface area (Å²) in [6, 6.07) is 17.1. The minimum absolute atomic E-state index is 0.279. The molecular formula is C25H25N5O. The smallest absolute Gasteiger partial charge is 0.157 e. The molecule has 0 radical (unpaired) electrons. The first kappa shape index (κ1) is 19.3. The Morgan fingerprint density at radius 3 is 2.71 bits per heavy atom. The van der Waals surface area contributed by atoms with Crippen LogP contribution in [0.2, 0.25) is 0 Å². The van der Waals surface area contributed by atoms with E-state index < -0.39 is 0 Å². The molecule has 0 N–H and O–H groups in total. The number of hydrogen-bond acceptors (Lipinski definition) is 4.